The molecule has 4 aromatic rings. The summed E-state index contributed by atoms with van der Waals surface area (Å²) in [6.07, 6.45) is 4.96. The van der Waals surface area contributed by atoms with Crippen molar-refractivity contribution in [3.63, 3.8) is 0 Å². The van der Waals surface area contributed by atoms with Crippen molar-refractivity contribution in [3.05, 3.63) is 88.6 Å². The summed E-state index contributed by atoms with van der Waals surface area (Å²) in [7, 11) is 5.80. The normalized spacial score (nSPS) is 20.7. The number of benzene rings is 3. The van der Waals surface area contributed by atoms with E-state index in [0.29, 0.717) is 0 Å². The van der Waals surface area contributed by atoms with E-state index in [9.17, 15) is 4.79 Å². The van der Waals surface area contributed by atoms with Crippen molar-refractivity contribution in [2.24, 2.45) is 0 Å². The van der Waals surface area contributed by atoms with Crippen molar-refractivity contribution in [1.29, 1.82) is 0 Å². The molecule has 1 aromatic heterocycles. The number of carbonyl (C=O) groups is 1. The topological polar surface area (TPSA) is 70.2 Å². The van der Waals surface area contributed by atoms with Gasteiger partial charge in [0.1, 0.15) is 5.75 Å². The third-order valence-electron chi connectivity index (χ3n) is 7.22. The zero-order valence-corrected chi connectivity index (χ0v) is 20.1. The Kier molecular flexibility index (Phi) is 5.00. The maximum atomic E-state index is 13.0. The summed E-state index contributed by atoms with van der Waals surface area (Å²) in [5, 5.41) is 11.9. The number of aromatic nitrogens is 2. The van der Waals surface area contributed by atoms with Crippen LogP contribution in [0.1, 0.15) is 40.3 Å². The monoisotopic (exact) mass is 464 g/mol. The molecule has 1 fully saturated rings. The molecule has 6 nitrogen and oxygen atoms in total. The minimum atomic E-state index is -0.502. The van der Waals surface area contributed by atoms with Crippen molar-refractivity contribution >= 4 is 34.6 Å². The first-order valence-corrected chi connectivity index (χ1v) is 11.9. The van der Waals surface area contributed by atoms with Crippen LogP contribution in [0.2, 0.25) is 0 Å². The van der Waals surface area contributed by atoms with E-state index in [4.69, 9.17) is 4.74 Å². The van der Waals surface area contributed by atoms with Gasteiger partial charge in [0.15, 0.2) is 0 Å². The minimum absolute atomic E-state index is 0.0792. The molecule has 1 spiro atoms. The SMILES string of the molecule is COc1ccc2c(c1)[C@]1(C[C@H]1c1ccc3c(C=Cc4cccc(CN(C)C)c4)n[nH]c3c1)C(=O)N2. The summed E-state index contributed by atoms with van der Waals surface area (Å²) in [6.45, 7) is 0.910. The largest absolute Gasteiger partial charge is 0.497 e. The summed E-state index contributed by atoms with van der Waals surface area (Å²) in [6, 6.07) is 20.8. The Labute approximate surface area is 204 Å². The molecule has 1 amide bonds. The lowest BCUT2D eigenvalue weighted by Crippen LogP contribution is -2.21. The number of hydrogen-bond acceptors (Lipinski definition) is 4. The molecule has 0 saturated heterocycles. The van der Waals surface area contributed by atoms with Gasteiger partial charge in [-0.05, 0) is 73.1 Å². The lowest BCUT2D eigenvalue weighted by molar-refractivity contribution is -0.118. The third kappa shape index (κ3) is 3.61. The van der Waals surface area contributed by atoms with Crippen LogP contribution in [0.3, 0.4) is 0 Å². The van der Waals surface area contributed by atoms with Gasteiger partial charge in [-0.25, -0.2) is 0 Å². The zero-order valence-electron chi connectivity index (χ0n) is 20.1. The molecule has 2 heterocycles. The lowest BCUT2D eigenvalue weighted by Gasteiger charge is -2.10. The second-order valence-corrected chi connectivity index (χ2v) is 9.82. The second kappa shape index (κ2) is 8.10. The number of rotatable bonds is 6. The van der Waals surface area contributed by atoms with Crippen molar-refractivity contribution < 1.29 is 9.53 Å². The standard InChI is InChI=1S/C29H28N4O2/c1-33(2)17-19-6-4-5-18(13-19)7-11-25-22-10-8-20(14-27(22)32-31-25)24-16-29(24)23-15-21(35-3)9-12-26(23)30-28(29)34/h4-15,24H,16-17H2,1-3H3,(H,30,34)(H,31,32)/t24-,29-/m0/s1. The van der Waals surface area contributed by atoms with Gasteiger partial charge in [0.2, 0.25) is 5.91 Å². The first-order valence-electron chi connectivity index (χ1n) is 11.9. The van der Waals surface area contributed by atoms with Crippen molar-refractivity contribution in [1.82, 2.24) is 15.1 Å². The molecule has 6 heteroatoms. The Morgan fingerprint density at radius 2 is 2.00 bits per heavy atom. The summed E-state index contributed by atoms with van der Waals surface area (Å²) in [4.78, 5) is 15.1. The number of anilines is 1. The summed E-state index contributed by atoms with van der Waals surface area (Å²) in [5.41, 5.74) is 6.90. The molecule has 3 aromatic carbocycles. The summed E-state index contributed by atoms with van der Waals surface area (Å²) >= 11 is 0. The maximum absolute atomic E-state index is 13.0. The molecule has 0 bridgehead atoms. The van der Waals surface area contributed by atoms with Gasteiger partial charge in [0.05, 0.1) is 23.7 Å². The highest BCUT2D eigenvalue weighted by Crippen LogP contribution is 2.65. The zero-order chi connectivity index (χ0) is 24.2. The first-order chi connectivity index (χ1) is 17.0. The van der Waals surface area contributed by atoms with E-state index in [1.807, 2.05) is 18.2 Å². The van der Waals surface area contributed by atoms with E-state index in [-0.39, 0.29) is 11.8 Å². The highest BCUT2D eigenvalue weighted by atomic mass is 16.5. The van der Waals surface area contributed by atoms with Gasteiger partial charge in [-0.3, -0.25) is 9.89 Å². The van der Waals surface area contributed by atoms with Gasteiger partial charge in [-0.2, -0.15) is 5.10 Å². The first kappa shape index (κ1) is 21.6. The Bertz CT molecular complexity index is 1490. The van der Waals surface area contributed by atoms with Gasteiger partial charge in [-0.15, -0.1) is 0 Å². The molecule has 1 aliphatic heterocycles. The fourth-order valence-electron chi connectivity index (χ4n) is 5.44. The van der Waals surface area contributed by atoms with Crippen LogP contribution in [-0.4, -0.2) is 42.2 Å². The molecule has 0 radical (unpaired) electrons. The van der Waals surface area contributed by atoms with Gasteiger partial charge in [-0.1, -0.05) is 42.5 Å². The summed E-state index contributed by atoms with van der Waals surface area (Å²) < 4.78 is 5.41. The Hall–Kier alpha value is -3.90. The number of amides is 1. The fraction of sp³-hybridized carbons (Fsp3) is 0.241. The molecule has 176 valence electrons. The molecule has 0 unspecified atom stereocenters. The van der Waals surface area contributed by atoms with Crippen LogP contribution in [-0.2, 0) is 16.8 Å². The fourth-order valence-corrected chi connectivity index (χ4v) is 5.44. The predicted octanol–water partition coefficient (Wildman–Crippen LogP) is 5.18. The number of nitrogens with one attached hydrogen (secondary N) is 2. The minimum Gasteiger partial charge on any atom is -0.497 e. The van der Waals surface area contributed by atoms with E-state index in [1.54, 1.807) is 7.11 Å². The van der Waals surface area contributed by atoms with Crippen molar-refractivity contribution in [2.45, 2.75) is 24.3 Å². The second-order valence-electron chi connectivity index (χ2n) is 9.82. The smallest absolute Gasteiger partial charge is 0.235 e. The number of carbonyl (C=O) groups excluding carboxylic acids is 1. The van der Waals surface area contributed by atoms with Crippen LogP contribution in [0.25, 0.3) is 23.1 Å². The van der Waals surface area contributed by atoms with Crippen LogP contribution in [0.5, 0.6) is 5.75 Å². The third-order valence-corrected chi connectivity index (χ3v) is 7.22. The highest BCUT2D eigenvalue weighted by Gasteiger charge is 2.65. The molecule has 2 N–H and O–H groups in total. The average molecular weight is 465 g/mol. The average Bonchev–Trinajstić information content (AvgIpc) is 3.39. The quantitative estimate of drug-likeness (QED) is 0.413. The highest BCUT2D eigenvalue weighted by molar-refractivity contribution is 6.10. The van der Waals surface area contributed by atoms with Gasteiger partial charge >= 0.3 is 0 Å². The predicted molar refractivity (Wildman–Crippen MR) is 140 cm³/mol. The van der Waals surface area contributed by atoms with Crippen molar-refractivity contribution in [2.75, 3.05) is 26.5 Å². The Morgan fingerprint density at radius 3 is 2.83 bits per heavy atom. The number of hydrogen-bond donors (Lipinski definition) is 2. The number of ether oxygens (including phenoxy) is 1. The molecule has 2 atom stereocenters. The number of methoxy groups -OCH3 is 1. The van der Waals surface area contributed by atoms with E-state index in [0.717, 1.165) is 57.7 Å². The van der Waals surface area contributed by atoms with Crippen LogP contribution in [0, 0.1) is 0 Å². The van der Waals surface area contributed by atoms with E-state index in [1.165, 1.54) is 5.56 Å². The molecular formula is C29H28N4O2. The van der Waals surface area contributed by atoms with Gasteiger partial charge < -0.3 is 15.0 Å². The van der Waals surface area contributed by atoms with E-state index < -0.39 is 5.41 Å². The Morgan fingerprint density at radius 1 is 1.11 bits per heavy atom. The molecule has 6 rings (SSSR count). The van der Waals surface area contributed by atoms with Crippen LogP contribution < -0.4 is 10.1 Å². The molecule has 1 saturated carbocycles. The molecular weight excluding hydrogens is 436 g/mol. The maximum Gasteiger partial charge on any atom is 0.235 e. The number of nitrogens with zero attached hydrogens (tertiary/aromatic N) is 2. The van der Waals surface area contributed by atoms with E-state index in [2.05, 4.69) is 89.1 Å². The number of aromatic amines is 1. The molecule has 2 aliphatic rings. The summed E-state index contributed by atoms with van der Waals surface area (Å²) in [5.74, 6) is 0.996. The van der Waals surface area contributed by atoms with Crippen LogP contribution >= 0.6 is 0 Å². The Balaban J connectivity index is 1.27. The van der Waals surface area contributed by atoms with Crippen LogP contribution in [0.15, 0.2) is 60.7 Å². The molecule has 35 heavy (non-hydrogen) atoms. The van der Waals surface area contributed by atoms with Gasteiger partial charge in [0, 0.05) is 23.5 Å². The van der Waals surface area contributed by atoms with E-state index >= 15 is 0 Å². The number of fused-ring (bicyclic) bond motifs is 3. The number of H-pyrrole nitrogens is 1. The van der Waals surface area contributed by atoms with Gasteiger partial charge in [0.25, 0.3) is 0 Å². The lowest BCUT2D eigenvalue weighted by atomic mass is 9.91. The van der Waals surface area contributed by atoms with Crippen LogP contribution in [0.4, 0.5) is 5.69 Å². The van der Waals surface area contributed by atoms with Crippen molar-refractivity contribution in [3.8, 4) is 5.75 Å². The molecule has 1 aliphatic carbocycles.